The second-order valence-electron chi connectivity index (χ2n) is 5.85. The Labute approximate surface area is 132 Å². The molecule has 1 N–H and O–H groups in total. The molecule has 3 rings (SSSR count). The van der Waals surface area contributed by atoms with E-state index in [0.29, 0.717) is 13.2 Å². The third kappa shape index (κ3) is 3.38. The Bertz CT molecular complexity index is 573. The lowest BCUT2D eigenvalue weighted by atomic mass is 10.0. The maximum atomic E-state index is 10.6. The van der Waals surface area contributed by atoms with Crippen molar-refractivity contribution in [2.75, 3.05) is 19.7 Å². The first kappa shape index (κ1) is 15.2. The van der Waals surface area contributed by atoms with Gasteiger partial charge in [0.05, 0.1) is 12.7 Å². The van der Waals surface area contributed by atoms with Crippen molar-refractivity contribution in [2.45, 2.75) is 25.2 Å². The first-order chi connectivity index (χ1) is 10.8. The summed E-state index contributed by atoms with van der Waals surface area (Å²) in [5.41, 5.74) is 2.32. The molecule has 3 nitrogen and oxygen atoms in total. The predicted molar refractivity (Wildman–Crippen MR) is 87.6 cm³/mol. The van der Waals surface area contributed by atoms with Gasteiger partial charge in [-0.25, -0.2) is 0 Å². The van der Waals surface area contributed by atoms with Gasteiger partial charge >= 0.3 is 0 Å². The smallest absolute Gasteiger partial charge is 0.110 e. The van der Waals surface area contributed by atoms with E-state index in [1.807, 2.05) is 36.4 Å². The lowest BCUT2D eigenvalue weighted by molar-refractivity contribution is -0.0219. The third-order valence-electron chi connectivity index (χ3n) is 4.40. The normalized spacial score (nSPS) is 24.6. The lowest BCUT2D eigenvalue weighted by Gasteiger charge is -2.29. The van der Waals surface area contributed by atoms with Crippen molar-refractivity contribution >= 4 is 0 Å². The summed E-state index contributed by atoms with van der Waals surface area (Å²) < 4.78 is 5.93. The van der Waals surface area contributed by atoms with Gasteiger partial charge in [-0.2, -0.15) is 0 Å². The van der Waals surface area contributed by atoms with Gasteiger partial charge in [-0.1, -0.05) is 60.7 Å². The summed E-state index contributed by atoms with van der Waals surface area (Å²) in [5.74, 6) is 0. The van der Waals surface area contributed by atoms with Crippen LogP contribution in [0.1, 0.15) is 30.2 Å². The quantitative estimate of drug-likeness (QED) is 0.944. The van der Waals surface area contributed by atoms with Crippen LogP contribution in [0.2, 0.25) is 0 Å². The lowest BCUT2D eigenvalue weighted by Crippen LogP contribution is -2.35. The zero-order valence-corrected chi connectivity index (χ0v) is 12.9. The van der Waals surface area contributed by atoms with Crippen LogP contribution < -0.4 is 0 Å². The Hall–Kier alpha value is -1.68. The topological polar surface area (TPSA) is 32.7 Å². The molecule has 1 heterocycles. The van der Waals surface area contributed by atoms with Crippen LogP contribution in [-0.2, 0) is 4.74 Å². The van der Waals surface area contributed by atoms with Crippen molar-refractivity contribution in [1.29, 1.82) is 0 Å². The van der Waals surface area contributed by atoms with Crippen LogP contribution in [0.4, 0.5) is 0 Å². The molecule has 2 aromatic carbocycles. The van der Waals surface area contributed by atoms with Gasteiger partial charge in [0.2, 0.25) is 0 Å². The molecule has 0 unspecified atom stereocenters. The fourth-order valence-corrected chi connectivity index (χ4v) is 3.09. The van der Waals surface area contributed by atoms with Crippen molar-refractivity contribution in [3.8, 4) is 0 Å². The average Bonchev–Trinajstić information content (AvgIpc) is 2.77. The van der Waals surface area contributed by atoms with E-state index in [-0.39, 0.29) is 12.1 Å². The molecule has 0 saturated carbocycles. The number of rotatable bonds is 3. The van der Waals surface area contributed by atoms with Crippen LogP contribution in [0.15, 0.2) is 60.7 Å². The molecule has 0 bridgehead atoms. The first-order valence-corrected chi connectivity index (χ1v) is 7.89. The monoisotopic (exact) mass is 297 g/mol. The van der Waals surface area contributed by atoms with E-state index in [9.17, 15) is 5.11 Å². The summed E-state index contributed by atoms with van der Waals surface area (Å²) in [4.78, 5) is 2.29. The second kappa shape index (κ2) is 7.05. The molecule has 0 spiro atoms. The summed E-state index contributed by atoms with van der Waals surface area (Å²) in [6.07, 6.45) is -0.759. The molecule has 1 aliphatic rings. The molecule has 0 radical (unpaired) electrons. The third-order valence-corrected chi connectivity index (χ3v) is 4.40. The van der Waals surface area contributed by atoms with Crippen LogP contribution in [0.5, 0.6) is 0 Å². The molecule has 1 fully saturated rings. The van der Waals surface area contributed by atoms with E-state index in [4.69, 9.17) is 4.74 Å². The van der Waals surface area contributed by atoms with Crippen molar-refractivity contribution in [3.63, 3.8) is 0 Å². The summed E-state index contributed by atoms with van der Waals surface area (Å²) in [6.45, 7) is 4.27. The average molecular weight is 297 g/mol. The maximum absolute atomic E-state index is 10.6. The number of ether oxygens (including phenoxy) is 1. The summed E-state index contributed by atoms with van der Waals surface area (Å²) in [7, 11) is 0. The highest BCUT2D eigenvalue weighted by Gasteiger charge is 2.29. The summed E-state index contributed by atoms with van der Waals surface area (Å²) >= 11 is 0. The molecule has 1 aliphatic heterocycles. The van der Waals surface area contributed by atoms with E-state index in [2.05, 4.69) is 36.1 Å². The van der Waals surface area contributed by atoms with Gasteiger partial charge in [-0.15, -0.1) is 0 Å². The number of hydrogen-bond donors (Lipinski definition) is 1. The fraction of sp³-hybridized carbons (Fsp3) is 0.368. The maximum Gasteiger partial charge on any atom is 0.110 e. The van der Waals surface area contributed by atoms with Crippen LogP contribution >= 0.6 is 0 Å². The largest absolute Gasteiger partial charge is 0.389 e. The highest BCUT2D eigenvalue weighted by Crippen LogP contribution is 2.28. The van der Waals surface area contributed by atoms with Crippen LogP contribution in [-0.4, -0.2) is 35.8 Å². The molecular formula is C19H23NO2. The predicted octanol–water partition coefficient (Wildman–Crippen LogP) is 3.18. The molecule has 3 atom stereocenters. The van der Waals surface area contributed by atoms with Gasteiger partial charge in [-0.05, 0) is 18.1 Å². The SMILES string of the molecule is C[C@@H](c1ccccc1)N1CCO[C@H](c2ccccc2)[C@@H](O)C1. The number of aliphatic hydroxyl groups excluding tert-OH is 1. The molecule has 3 heteroatoms. The van der Waals surface area contributed by atoms with Gasteiger partial charge in [-0.3, -0.25) is 4.90 Å². The highest BCUT2D eigenvalue weighted by molar-refractivity contribution is 5.20. The van der Waals surface area contributed by atoms with Crippen molar-refractivity contribution in [3.05, 3.63) is 71.8 Å². The van der Waals surface area contributed by atoms with Crippen LogP contribution in [0.25, 0.3) is 0 Å². The summed E-state index contributed by atoms with van der Waals surface area (Å²) in [6, 6.07) is 20.7. The van der Waals surface area contributed by atoms with Crippen molar-refractivity contribution < 1.29 is 9.84 Å². The van der Waals surface area contributed by atoms with Gasteiger partial charge in [0, 0.05) is 19.1 Å². The standard InChI is InChI=1S/C19H23NO2/c1-15(16-8-4-2-5-9-16)20-12-13-22-19(18(21)14-20)17-10-6-3-7-11-17/h2-11,15,18-19,21H,12-14H2,1H3/t15-,18-,19+/m0/s1. The van der Waals surface area contributed by atoms with Gasteiger partial charge in [0.1, 0.15) is 6.10 Å². The Morgan fingerprint density at radius 3 is 2.36 bits per heavy atom. The molecular weight excluding hydrogens is 274 g/mol. The van der Waals surface area contributed by atoms with E-state index >= 15 is 0 Å². The zero-order chi connectivity index (χ0) is 15.4. The molecule has 22 heavy (non-hydrogen) atoms. The Morgan fingerprint density at radius 1 is 1.05 bits per heavy atom. The Kier molecular flexibility index (Phi) is 4.88. The van der Waals surface area contributed by atoms with E-state index < -0.39 is 6.10 Å². The number of hydrogen-bond acceptors (Lipinski definition) is 3. The minimum absolute atomic E-state index is 0.242. The van der Waals surface area contributed by atoms with Gasteiger partial charge in [0.25, 0.3) is 0 Å². The number of benzene rings is 2. The Balaban J connectivity index is 1.73. The highest BCUT2D eigenvalue weighted by atomic mass is 16.5. The van der Waals surface area contributed by atoms with Crippen molar-refractivity contribution in [2.24, 2.45) is 0 Å². The Morgan fingerprint density at radius 2 is 1.68 bits per heavy atom. The first-order valence-electron chi connectivity index (χ1n) is 7.89. The van der Waals surface area contributed by atoms with Crippen LogP contribution in [0, 0.1) is 0 Å². The summed E-state index contributed by atoms with van der Waals surface area (Å²) in [5, 5.41) is 10.6. The number of aliphatic hydroxyl groups is 1. The number of nitrogens with zero attached hydrogens (tertiary/aromatic N) is 1. The molecule has 0 aliphatic carbocycles. The molecule has 0 aromatic heterocycles. The van der Waals surface area contributed by atoms with Crippen LogP contribution in [0.3, 0.4) is 0 Å². The molecule has 2 aromatic rings. The molecule has 116 valence electrons. The zero-order valence-electron chi connectivity index (χ0n) is 12.9. The molecule has 0 amide bonds. The molecule has 1 saturated heterocycles. The fourth-order valence-electron chi connectivity index (χ4n) is 3.09. The van der Waals surface area contributed by atoms with Gasteiger partial charge in [0.15, 0.2) is 0 Å². The minimum atomic E-state index is -0.518. The second-order valence-corrected chi connectivity index (χ2v) is 5.85. The van der Waals surface area contributed by atoms with E-state index in [1.54, 1.807) is 0 Å². The van der Waals surface area contributed by atoms with Gasteiger partial charge < -0.3 is 9.84 Å². The van der Waals surface area contributed by atoms with E-state index in [0.717, 1.165) is 12.1 Å². The van der Waals surface area contributed by atoms with Crippen molar-refractivity contribution in [1.82, 2.24) is 4.90 Å². The number of β-amino-alcohol motifs (C(OH)–C–C–N with tert-alkyl or cyclic N) is 1. The van der Waals surface area contributed by atoms with E-state index in [1.165, 1.54) is 5.56 Å². The minimum Gasteiger partial charge on any atom is -0.389 e.